The van der Waals surface area contributed by atoms with Crippen molar-refractivity contribution in [2.45, 2.75) is 19.9 Å². The molecule has 0 bridgehead atoms. The number of amides is 1. The summed E-state index contributed by atoms with van der Waals surface area (Å²) in [6.45, 7) is 3.16. The molecule has 0 saturated heterocycles. The summed E-state index contributed by atoms with van der Waals surface area (Å²) in [4.78, 5) is 11.2. The number of nitrogens with one attached hydrogen (secondary N) is 1. The predicted octanol–water partition coefficient (Wildman–Crippen LogP) is 3.64. The van der Waals surface area contributed by atoms with Gasteiger partial charge in [0, 0.05) is 11.6 Å². The number of benzene rings is 2. The Kier molecular flexibility index (Phi) is 7.12. The highest BCUT2D eigenvalue weighted by Crippen LogP contribution is 2.21. The Morgan fingerprint density at radius 2 is 1.76 bits per heavy atom. The second-order valence-electron chi connectivity index (χ2n) is 5.36. The third kappa shape index (κ3) is 6.36. The molecule has 0 unspecified atom stereocenters. The highest BCUT2D eigenvalue weighted by molar-refractivity contribution is 6.31. The first-order valence-corrected chi connectivity index (χ1v) is 8.20. The molecule has 2 aromatic rings. The van der Waals surface area contributed by atoms with Crippen molar-refractivity contribution in [3.8, 4) is 17.6 Å². The summed E-state index contributed by atoms with van der Waals surface area (Å²) in [6, 6.07) is 14.7. The summed E-state index contributed by atoms with van der Waals surface area (Å²) in [7, 11) is 0. The number of carbonyl (C=O) groups is 1. The number of hydrogen-bond acceptors (Lipinski definition) is 4. The molecule has 25 heavy (non-hydrogen) atoms. The van der Waals surface area contributed by atoms with Gasteiger partial charge in [0.05, 0.1) is 6.07 Å². The zero-order chi connectivity index (χ0) is 18.1. The van der Waals surface area contributed by atoms with Gasteiger partial charge >= 0.3 is 0 Å². The molecule has 0 aliphatic heterocycles. The summed E-state index contributed by atoms with van der Waals surface area (Å²) in [5.74, 6) is 1.20. The van der Waals surface area contributed by atoms with Crippen molar-refractivity contribution < 1.29 is 14.3 Å². The van der Waals surface area contributed by atoms with Gasteiger partial charge in [-0.2, -0.15) is 5.26 Å². The summed E-state index contributed by atoms with van der Waals surface area (Å²) >= 11 is 5.97. The first kappa shape index (κ1) is 18.6. The van der Waals surface area contributed by atoms with E-state index < -0.39 is 0 Å². The van der Waals surface area contributed by atoms with E-state index in [0.717, 1.165) is 22.6 Å². The molecule has 0 aliphatic carbocycles. The maximum absolute atomic E-state index is 11.2. The van der Waals surface area contributed by atoms with Crippen molar-refractivity contribution in [3.05, 3.63) is 58.6 Å². The average Bonchev–Trinajstić information content (AvgIpc) is 2.61. The van der Waals surface area contributed by atoms with Crippen LogP contribution in [0.25, 0.3) is 0 Å². The van der Waals surface area contributed by atoms with Crippen LogP contribution in [0.15, 0.2) is 42.5 Å². The minimum Gasteiger partial charge on any atom is -0.490 e. The van der Waals surface area contributed by atoms with Crippen LogP contribution in [0.5, 0.6) is 11.5 Å². The van der Waals surface area contributed by atoms with Crippen LogP contribution in [0.4, 0.5) is 0 Å². The molecule has 1 N–H and O–H groups in total. The second kappa shape index (κ2) is 9.55. The van der Waals surface area contributed by atoms with E-state index in [-0.39, 0.29) is 12.3 Å². The molecule has 0 atom stereocenters. The number of nitriles is 1. The number of aryl methyl sites for hydroxylation is 1. The molecule has 0 heterocycles. The van der Waals surface area contributed by atoms with E-state index in [9.17, 15) is 4.79 Å². The standard InChI is InChI=1S/C19H19ClN2O3/c1-14-12-17(6-7-18(14)20)25-11-10-24-16-4-2-15(3-5-16)13-22-19(23)8-9-21/h2-7,12H,8,10-11,13H2,1H3,(H,22,23). The molecule has 0 spiro atoms. The number of carbonyl (C=O) groups excluding carboxylic acids is 1. The molecule has 0 aromatic heterocycles. The molecule has 0 radical (unpaired) electrons. The summed E-state index contributed by atoms with van der Waals surface area (Å²) in [5.41, 5.74) is 1.91. The van der Waals surface area contributed by atoms with Crippen molar-refractivity contribution in [2.75, 3.05) is 13.2 Å². The lowest BCUT2D eigenvalue weighted by Gasteiger charge is -2.10. The lowest BCUT2D eigenvalue weighted by molar-refractivity contribution is -0.120. The lowest BCUT2D eigenvalue weighted by atomic mass is 10.2. The number of hydrogen-bond donors (Lipinski definition) is 1. The van der Waals surface area contributed by atoms with E-state index in [1.54, 1.807) is 6.07 Å². The third-order valence-electron chi connectivity index (χ3n) is 3.40. The topological polar surface area (TPSA) is 71.3 Å². The smallest absolute Gasteiger partial charge is 0.234 e. The van der Waals surface area contributed by atoms with Crippen LogP contribution in [-0.4, -0.2) is 19.1 Å². The highest BCUT2D eigenvalue weighted by Gasteiger charge is 2.01. The van der Waals surface area contributed by atoms with Gasteiger partial charge in [0.1, 0.15) is 31.1 Å². The second-order valence-corrected chi connectivity index (χ2v) is 5.77. The van der Waals surface area contributed by atoms with Crippen LogP contribution in [0, 0.1) is 18.3 Å². The molecule has 1 amide bonds. The van der Waals surface area contributed by atoms with Crippen molar-refractivity contribution in [2.24, 2.45) is 0 Å². The zero-order valence-corrected chi connectivity index (χ0v) is 14.7. The molecule has 0 fully saturated rings. The van der Waals surface area contributed by atoms with Gasteiger partial charge < -0.3 is 14.8 Å². The highest BCUT2D eigenvalue weighted by atomic mass is 35.5. The Bertz CT molecular complexity index is 754. The van der Waals surface area contributed by atoms with E-state index >= 15 is 0 Å². The Balaban J connectivity index is 1.71. The largest absolute Gasteiger partial charge is 0.490 e. The Labute approximate surface area is 152 Å². The molecule has 0 aliphatic rings. The van der Waals surface area contributed by atoms with Gasteiger partial charge in [-0.15, -0.1) is 0 Å². The fraction of sp³-hybridized carbons (Fsp3) is 0.263. The molecule has 0 saturated carbocycles. The molecule has 5 nitrogen and oxygen atoms in total. The van der Waals surface area contributed by atoms with Gasteiger partial charge in [0.15, 0.2) is 0 Å². The number of rotatable bonds is 8. The van der Waals surface area contributed by atoms with Gasteiger partial charge in [0.2, 0.25) is 5.91 Å². The number of nitrogens with zero attached hydrogens (tertiary/aromatic N) is 1. The maximum Gasteiger partial charge on any atom is 0.234 e. The third-order valence-corrected chi connectivity index (χ3v) is 3.83. The SMILES string of the molecule is Cc1cc(OCCOc2ccc(CNC(=O)CC#N)cc2)ccc1Cl. The Hall–Kier alpha value is -2.71. The van der Waals surface area contributed by atoms with Gasteiger partial charge in [-0.1, -0.05) is 23.7 Å². The normalized spacial score (nSPS) is 9.96. The number of ether oxygens (including phenoxy) is 2. The van der Waals surface area contributed by atoms with Crippen LogP contribution in [-0.2, 0) is 11.3 Å². The van der Waals surface area contributed by atoms with Crippen molar-refractivity contribution in [1.82, 2.24) is 5.32 Å². The minimum atomic E-state index is -0.280. The maximum atomic E-state index is 11.2. The minimum absolute atomic E-state index is 0.131. The molecular weight excluding hydrogens is 340 g/mol. The zero-order valence-electron chi connectivity index (χ0n) is 13.9. The van der Waals surface area contributed by atoms with Crippen molar-refractivity contribution >= 4 is 17.5 Å². The van der Waals surface area contributed by atoms with E-state index in [4.69, 9.17) is 26.3 Å². The summed E-state index contributed by atoms with van der Waals surface area (Å²) < 4.78 is 11.2. The van der Waals surface area contributed by atoms with Crippen LogP contribution in [0.1, 0.15) is 17.5 Å². The van der Waals surface area contributed by atoms with E-state index in [0.29, 0.717) is 24.8 Å². The first-order chi connectivity index (χ1) is 12.1. The van der Waals surface area contributed by atoms with Crippen LogP contribution in [0.2, 0.25) is 5.02 Å². The number of halogens is 1. The van der Waals surface area contributed by atoms with Gasteiger partial charge in [0.25, 0.3) is 0 Å². The summed E-state index contributed by atoms with van der Waals surface area (Å²) in [5, 5.41) is 11.8. The molecule has 2 aromatic carbocycles. The quantitative estimate of drug-likeness (QED) is 0.731. The van der Waals surface area contributed by atoms with Gasteiger partial charge in [-0.05, 0) is 48.4 Å². The van der Waals surface area contributed by atoms with Crippen LogP contribution in [0.3, 0.4) is 0 Å². The Morgan fingerprint density at radius 1 is 1.12 bits per heavy atom. The van der Waals surface area contributed by atoms with E-state index in [2.05, 4.69) is 5.32 Å². The lowest BCUT2D eigenvalue weighted by Crippen LogP contribution is -2.21. The summed E-state index contributed by atoms with van der Waals surface area (Å²) in [6.07, 6.45) is -0.131. The van der Waals surface area contributed by atoms with Gasteiger partial charge in [-0.25, -0.2) is 0 Å². The predicted molar refractivity (Wildman–Crippen MR) is 95.7 cm³/mol. The average molecular weight is 359 g/mol. The monoisotopic (exact) mass is 358 g/mol. The van der Waals surface area contributed by atoms with Crippen LogP contribution < -0.4 is 14.8 Å². The molecule has 6 heteroatoms. The van der Waals surface area contributed by atoms with Crippen molar-refractivity contribution in [3.63, 3.8) is 0 Å². The Morgan fingerprint density at radius 3 is 2.40 bits per heavy atom. The fourth-order valence-corrected chi connectivity index (χ4v) is 2.18. The van der Waals surface area contributed by atoms with E-state index in [1.807, 2.05) is 49.4 Å². The molecular formula is C19H19ClN2O3. The van der Waals surface area contributed by atoms with Crippen molar-refractivity contribution in [1.29, 1.82) is 5.26 Å². The van der Waals surface area contributed by atoms with Crippen LogP contribution >= 0.6 is 11.6 Å². The molecule has 130 valence electrons. The first-order valence-electron chi connectivity index (χ1n) is 7.83. The fourth-order valence-electron chi connectivity index (χ4n) is 2.06. The molecule has 2 rings (SSSR count). The van der Waals surface area contributed by atoms with E-state index in [1.165, 1.54) is 0 Å². The van der Waals surface area contributed by atoms with Gasteiger partial charge in [-0.3, -0.25) is 4.79 Å².